The van der Waals surface area contributed by atoms with Gasteiger partial charge in [-0.25, -0.2) is 4.98 Å². The second-order valence-corrected chi connectivity index (χ2v) is 6.97. The second kappa shape index (κ2) is 9.56. The van der Waals surface area contributed by atoms with Gasteiger partial charge in [0, 0.05) is 18.4 Å². The molecule has 4 rings (SSSR count). The van der Waals surface area contributed by atoms with Crippen LogP contribution in [0, 0.1) is 6.92 Å². The van der Waals surface area contributed by atoms with Crippen molar-refractivity contribution in [2.45, 2.75) is 20.1 Å². The van der Waals surface area contributed by atoms with Gasteiger partial charge in [0.25, 0.3) is 0 Å². The maximum Gasteiger partial charge on any atom is 0.224 e. The zero-order chi connectivity index (χ0) is 20.6. The predicted molar refractivity (Wildman–Crippen MR) is 121 cm³/mol. The monoisotopic (exact) mass is 396 g/mol. The van der Waals surface area contributed by atoms with Crippen molar-refractivity contribution >= 4 is 17.5 Å². The molecule has 1 aromatic heterocycles. The number of ether oxygens (including phenoxy) is 1. The smallest absolute Gasteiger partial charge is 0.224 e. The predicted octanol–water partition coefficient (Wildman–Crippen LogP) is 5.72. The SMILES string of the molecule is Cc1ccccc1CNc1nccc(Nc2ccc(OCc3ccccc3)cc2)n1. The van der Waals surface area contributed by atoms with Crippen LogP contribution < -0.4 is 15.4 Å². The van der Waals surface area contributed by atoms with E-state index in [2.05, 4.69) is 51.8 Å². The fourth-order valence-corrected chi connectivity index (χ4v) is 3.02. The van der Waals surface area contributed by atoms with E-state index in [0.29, 0.717) is 19.1 Å². The third kappa shape index (κ3) is 5.35. The largest absolute Gasteiger partial charge is 0.489 e. The van der Waals surface area contributed by atoms with Gasteiger partial charge in [0.05, 0.1) is 0 Å². The molecular formula is C25H24N4O. The first kappa shape index (κ1) is 19.5. The minimum absolute atomic E-state index is 0.551. The van der Waals surface area contributed by atoms with Crippen molar-refractivity contribution in [3.05, 3.63) is 108 Å². The number of rotatable bonds is 8. The molecule has 0 atom stereocenters. The van der Waals surface area contributed by atoms with Crippen LogP contribution in [0.25, 0.3) is 0 Å². The molecule has 0 aliphatic carbocycles. The molecule has 1 heterocycles. The van der Waals surface area contributed by atoms with E-state index in [1.54, 1.807) is 6.20 Å². The molecule has 0 saturated heterocycles. The van der Waals surface area contributed by atoms with Gasteiger partial charge in [-0.1, -0.05) is 54.6 Å². The molecule has 0 fully saturated rings. The minimum Gasteiger partial charge on any atom is -0.489 e. The summed E-state index contributed by atoms with van der Waals surface area (Å²) >= 11 is 0. The molecule has 0 aliphatic heterocycles. The lowest BCUT2D eigenvalue weighted by atomic mass is 10.1. The Morgan fingerprint density at radius 1 is 0.833 bits per heavy atom. The average Bonchev–Trinajstić information content (AvgIpc) is 2.79. The molecule has 150 valence electrons. The standard InChI is InChI=1S/C25H24N4O/c1-19-7-5-6-10-21(19)17-27-25-26-16-15-24(29-25)28-22-11-13-23(14-12-22)30-18-20-8-3-2-4-9-20/h2-16H,17-18H2,1H3,(H2,26,27,28,29). The van der Waals surface area contributed by atoms with E-state index in [-0.39, 0.29) is 0 Å². The van der Waals surface area contributed by atoms with Crippen LogP contribution in [0.5, 0.6) is 5.75 Å². The van der Waals surface area contributed by atoms with Gasteiger partial charge in [0.1, 0.15) is 18.2 Å². The number of aromatic nitrogens is 2. The van der Waals surface area contributed by atoms with E-state index in [1.807, 2.05) is 60.7 Å². The Labute approximate surface area is 176 Å². The van der Waals surface area contributed by atoms with Crippen molar-refractivity contribution in [1.29, 1.82) is 0 Å². The van der Waals surface area contributed by atoms with Gasteiger partial charge < -0.3 is 15.4 Å². The average molecular weight is 396 g/mol. The van der Waals surface area contributed by atoms with E-state index < -0.39 is 0 Å². The van der Waals surface area contributed by atoms with Crippen LogP contribution in [-0.2, 0) is 13.2 Å². The number of aryl methyl sites for hydroxylation is 1. The van der Waals surface area contributed by atoms with Gasteiger partial charge >= 0.3 is 0 Å². The number of benzene rings is 3. The summed E-state index contributed by atoms with van der Waals surface area (Å²) in [5, 5.41) is 6.60. The number of hydrogen-bond acceptors (Lipinski definition) is 5. The molecule has 0 saturated carbocycles. The van der Waals surface area contributed by atoms with Gasteiger partial charge in [-0.05, 0) is 53.9 Å². The highest BCUT2D eigenvalue weighted by Crippen LogP contribution is 2.20. The van der Waals surface area contributed by atoms with E-state index in [0.717, 1.165) is 22.8 Å². The van der Waals surface area contributed by atoms with E-state index in [9.17, 15) is 0 Å². The first-order valence-electron chi connectivity index (χ1n) is 9.91. The zero-order valence-corrected chi connectivity index (χ0v) is 16.9. The Kier molecular flexibility index (Phi) is 6.20. The fourth-order valence-electron chi connectivity index (χ4n) is 3.02. The molecule has 30 heavy (non-hydrogen) atoms. The lowest BCUT2D eigenvalue weighted by Crippen LogP contribution is -2.06. The first-order valence-corrected chi connectivity index (χ1v) is 9.91. The zero-order valence-electron chi connectivity index (χ0n) is 16.9. The highest BCUT2D eigenvalue weighted by molar-refractivity contribution is 5.57. The summed E-state index contributed by atoms with van der Waals surface area (Å²) < 4.78 is 5.84. The minimum atomic E-state index is 0.551. The third-order valence-corrected chi connectivity index (χ3v) is 4.73. The Morgan fingerprint density at radius 2 is 1.60 bits per heavy atom. The maximum absolute atomic E-state index is 5.84. The number of nitrogens with one attached hydrogen (secondary N) is 2. The Balaban J connectivity index is 1.33. The summed E-state index contributed by atoms with van der Waals surface area (Å²) in [6.45, 7) is 3.34. The number of hydrogen-bond donors (Lipinski definition) is 2. The molecular weight excluding hydrogens is 372 g/mol. The van der Waals surface area contributed by atoms with Crippen molar-refractivity contribution in [2.75, 3.05) is 10.6 Å². The van der Waals surface area contributed by atoms with Crippen LogP contribution in [0.1, 0.15) is 16.7 Å². The molecule has 3 aromatic carbocycles. The van der Waals surface area contributed by atoms with Crippen LogP contribution in [0.3, 0.4) is 0 Å². The fraction of sp³-hybridized carbons (Fsp3) is 0.120. The summed E-state index contributed by atoms with van der Waals surface area (Å²) in [7, 11) is 0. The van der Waals surface area contributed by atoms with Gasteiger partial charge in [-0.2, -0.15) is 4.98 Å². The topological polar surface area (TPSA) is 59.1 Å². The highest BCUT2D eigenvalue weighted by Gasteiger charge is 2.03. The molecule has 4 aromatic rings. The lowest BCUT2D eigenvalue weighted by Gasteiger charge is -2.11. The van der Waals surface area contributed by atoms with Crippen LogP contribution in [0.2, 0.25) is 0 Å². The van der Waals surface area contributed by atoms with Gasteiger partial charge in [0.2, 0.25) is 5.95 Å². The van der Waals surface area contributed by atoms with Crippen LogP contribution in [-0.4, -0.2) is 9.97 Å². The first-order chi connectivity index (χ1) is 14.8. The molecule has 0 radical (unpaired) electrons. The molecule has 0 bridgehead atoms. The van der Waals surface area contributed by atoms with E-state index in [4.69, 9.17) is 4.74 Å². The van der Waals surface area contributed by atoms with Gasteiger partial charge in [-0.3, -0.25) is 0 Å². The van der Waals surface area contributed by atoms with Crippen molar-refractivity contribution < 1.29 is 4.74 Å². The molecule has 0 aliphatic rings. The quantitative estimate of drug-likeness (QED) is 0.399. The molecule has 5 heteroatoms. The Bertz CT molecular complexity index is 1080. The summed E-state index contributed by atoms with van der Waals surface area (Å²) in [4.78, 5) is 8.86. The summed E-state index contributed by atoms with van der Waals surface area (Å²) in [6.07, 6.45) is 1.74. The molecule has 5 nitrogen and oxygen atoms in total. The highest BCUT2D eigenvalue weighted by atomic mass is 16.5. The molecule has 0 spiro atoms. The molecule has 0 amide bonds. The van der Waals surface area contributed by atoms with Crippen LogP contribution in [0.4, 0.5) is 17.5 Å². The molecule has 2 N–H and O–H groups in total. The summed E-state index contributed by atoms with van der Waals surface area (Å²) in [6, 6.07) is 28.1. The van der Waals surface area contributed by atoms with Crippen LogP contribution in [0.15, 0.2) is 91.1 Å². The summed E-state index contributed by atoms with van der Waals surface area (Å²) in [5.41, 5.74) is 4.55. The Morgan fingerprint density at radius 3 is 2.40 bits per heavy atom. The van der Waals surface area contributed by atoms with E-state index >= 15 is 0 Å². The van der Waals surface area contributed by atoms with Crippen molar-refractivity contribution in [2.24, 2.45) is 0 Å². The Hall–Kier alpha value is -3.86. The summed E-state index contributed by atoms with van der Waals surface area (Å²) in [5.74, 6) is 2.15. The second-order valence-electron chi connectivity index (χ2n) is 6.97. The van der Waals surface area contributed by atoms with Crippen LogP contribution >= 0.6 is 0 Å². The number of anilines is 3. The lowest BCUT2D eigenvalue weighted by molar-refractivity contribution is 0.306. The normalized spacial score (nSPS) is 10.4. The van der Waals surface area contributed by atoms with Crippen molar-refractivity contribution in [3.63, 3.8) is 0 Å². The van der Waals surface area contributed by atoms with E-state index in [1.165, 1.54) is 11.1 Å². The van der Waals surface area contributed by atoms with Crippen molar-refractivity contribution in [1.82, 2.24) is 9.97 Å². The van der Waals surface area contributed by atoms with Gasteiger partial charge in [0.15, 0.2) is 0 Å². The van der Waals surface area contributed by atoms with Gasteiger partial charge in [-0.15, -0.1) is 0 Å². The maximum atomic E-state index is 5.84. The molecule has 0 unspecified atom stereocenters. The van der Waals surface area contributed by atoms with Crippen molar-refractivity contribution in [3.8, 4) is 5.75 Å². The number of nitrogens with zero attached hydrogens (tertiary/aromatic N) is 2. The third-order valence-electron chi connectivity index (χ3n) is 4.73.